The molecule has 0 aliphatic carbocycles. The third-order valence-electron chi connectivity index (χ3n) is 13.6. The Morgan fingerprint density at radius 1 is 0.214 bits per heavy atom. The molecule has 0 aromatic heterocycles. The molecule has 16 N–H and O–H groups in total. The van der Waals surface area contributed by atoms with Crippen LogP contribution in [0.1, 0.15) is 154 Å². The molecule has 0 atom stereocenters. The van der Waals surface area contributed by atoms with Crippen molar-refractivity contribution in [2.75, 3.05) is 39.3 Å². The molecule has 0 heterocycles. The van der Waals surface area contributed by atoms with Crippen LogP contribution in [0.15, 0.2) is 0 Å². The van der Waals surface area contributed by atoms with Crippen LogP contribution in [0.25, 0.3) is 0 Å². The van der Waals surface area contributed by atoms with Crippen LogP contribution in [-0.4, -0.2) is 228 Å². The molecule has 84 heavy (non-hydrogen) atoms. The second-order valence-corrected chi connectivity index (χ2v) is 20.5. The highest BCUT2D eigenvalue weighted by Gasteiger charge is 2.39. The van der Waals surface area contributed by atoms with Crippen LogP contribution >= 0.6 is 0 Å². The van der Waals surface area contributed by atoms with Crippen molar-refractivity contribution >= 4 is 95.3 Å². The monoisotopic (exact) mass is 1210 g/mol. The molecule has 4 amide bonds. The van der Waals surface area contributed by atoms with E-state index in [1.165, 1.54) is 0 Å². The molecule has 0 spiro atoms. The maximum Gasteiger partial charge on any atom is 0.303 e. The van der Waals surface area contributed by atoms with Gasteiger partial charge in [0, 0.05) is 112 Å². The first-order valence-corrected chi connectivity index (χ1v) is 26.2. The summed E-state index contributed by atoms with van der Waals surface area (Å²) < 4.78 is 0. The van der Waals surface area contributed by atoms with E-state index in [0.29, 0.717) is 0 Å². The van der Waals surface area contributed by atoms with Gasteiger partial charge in [0.15, 0.2) is 0 Å². The van der Waals surface area contributed by atoms with Gasteiger partial charge in [0.25, 0.3) is 0 Å². The number of carboxylic acid groups (broad SMARTS) is 12. The van der Waals surface area contributed by atoms with Crippen LogP contribution in [-0.2, 0) is 76.7 Å². The number of nitrogens with zero attached hydrogens (tertiary/aromatic N) is 2. The molecule has 474 valence electrons. The van der Waals surface area contributed by atoms with Crippen molar-refractivity contribution in [2.45, 2.75) is 176 Å². The van der Waals surface area contributed by atoms with E-state index in [4.69, 9.17) is 0 Å². The normalized spacial score (nSPS) is 11.7. The minimum Gasteiger partial charge on any atom is -0.481 e. The molecule has 34 heteroatoms. The highest BCUT2D eigenvalue weighted by atomic mass is 16.4. The van der Waals surface area contributed by atoms with E-state index in [0.717, 1.165) is 9.80 Å². The maximum atomic E-state index is 14.3. The van der Waals surface area contributed by atoms with Crippen LogP contribution in [0, 0.1) is 0 Å². The Hall–Kier alpha value is -8.56. The van der Waals surface area contributed by atoms with Crippen LogP contribution in [0.2, 0.25) is 0 Å². The topological polar surface area (TPSA) is 570 Å². The molecule has 0 aromatic carbocycles. The maximum absolute atomic E-state index is 14.3. The predicted molar refractivity (Wildman–Crippen MR) is 279 cm³/mol. The van der Waals surface area contributed by atoms with Gasteiger partial charge >= 0.3 is 71.6 Å². The van der Waals surface area contributed by atoms with Gasteiger partial charge in [-0.3, -0.25) is 86.5 Å². The van der Waals surface area contributed by atoms with Gasteiger partial charge in [-0.1, -0.05) is 0 Å². The minimum absolute atomic E-state index is 0.549. The smallest absolute Gasteiger partial charge is 0.303 e. The average Bonchev–Trinajstić information content (AvgIpc) is 3.36. The summed E-state index contributed by atoms with van der Waals surface area (Å²) >= 11 is 0. The number of nitrogens with one attached hydrogen (secondary N) is 4. The summed E-state index contributed by atoms with van der Waals surface area (Å²) in [5.74, 6) is -22.0. The molecule has 34 nitrogen and oxygen atoms in total. The molecule has 0 aromatic rings. The molecule has 0 aliphatic rings. The lowest BCUT2D eigenvalue weighted by atomic mass is 9.83. The summed E-state index contributed by atoms with van der Waals surface area (Å²) in [5.41, 5.74) is -7.54. The Morgan fingerprint density at radius 3 is 0.417 bits per heavy atom. The number of hydrogen-bond acceptors (Lipinski definition) is 18. The molecule has 0 radical (unpaired) electrons. The Kier molecular flexibility index (Phi) is 33.7. The molecular formula is C50H76N6O28. The van der Waals surface area contributed by atoms with Gasteiger partial charge in [-0.15, -0.1) is 0 Å². The first-order chi connectivity index (χ1) is 38.9. The fourth-order valence-corrected chi connectivity index (χ4v) is 9.27. The van der Waals surface area contributed by atoms with E-state index in [1.807, 2.05) is 0 Å². The molecule has 0 saturated heterocycles. The predicted octanol–water partition coefficient (Wildman–Crippen LogP) is -0.612. The largest absolute Gasteiger partial charge is 0.481 e. The van der Waals surface area contributed by atoms with Crippen molar-refractivity contribution in [1.82, 2.24) is 31.1 Å². The van der Waals surface area contributed by atoms with Crippen molar-refractivity contribution in [2.24, 2.45) is 0 Å². The number of carbonyl (C=O) groups excluding carboxylic acids is 4. The van der Waals surface area contributed by atoms with Crippen LogP contribution in [0.3, 0.4) is 0 Å². The summed E-state index contributed by atoms with van der Waals surface area (Å²) in [6, 6.07) is 0. The van der Waals surface area contributed by atoms with Gasteiger partial charge < -0.3 is 82.5 Å². The zero-order valence-electron chi connectivity index (χ0n) is 46.0. The van der Waals surface area contributed by atoms with Crippen LogP contribution in [0.4, 0.5) is 0 Å². The van der Waals surface area contributed by atoms with Crippen molar-refractivity contribution < 1.29 is 138 Å². The van der Waals surface area contributed by atoms with E-state index in [2.05, 4.69) is 21.3 Å². The second-order valence-electron chi connectivity index (χ2n) is 20.5. The Bertz CT molecular complexity index is 1880. The van der Waals surface area contributed by atoms with E-state index in [9.17, 15) is 138 Å². The zero-order chi connectivity index (χ0) is 64.4. The van der Waals surface area contributed by atoms with Crippen molar-refractivity contribution in [3.8, 4) is 0 Å². The van der Waals surface area contributed by atoms with E-state index >= 15 is 0 Å². The van der Waals surface area contributed by atoms with Gasteiger partial charge in [0.05, 0.1) is 26.2 Å². The van der Waals surface area contributed by atoms with Crippen LogP contribution in [0.5, 0.6) is 0 Å². The first kappa shape index (κ1) is 75.4. The highest BCUT2D eigenvalue weighted by molar-refractivity contribution is 5.84. The quantitative estimate of drug-likeness (QED) is 0.0361. The molecule has 0 aliphatic heterocycles. The summed E-state index contributed by atoms with van der Waals surface area (Å²) in [7, 11) is 0. The fraction of sp³-hybridized carbons (Fsp3) is 0.680. The standard InChI is InChI=1S/C50H76N6O28/c57-31(51-47(13-1-35(61)62,14-2-36(63)64)15-3-37(65)66)27-55(28-32(58)52-48(16-4-38(67)68,17-5-39(69)70)18-6-40(71)72)25-26-56(29-33(59)53-49(19-7-41(73)74,20-8-42(75)76)21-9-43(77)78)30-34(60)54-50(22-10-44(79)80,23-11-45(81)82)24-12-46(83)84/h1-30H2,(H,51,57)(H,52,58)(H,53,59)(H,54,60)(H,61,62)(H,63,64)(H,65,66)(H,67,68)(H,69,70)(H,71,72)(H,73,74)(H,75,76)(H,77,78)(H,79,80)(H,81,82)(H,83,84). The lowest BCUT2D eigenvalue weighted by Gasteiger charge is -2.37. The Labute approximate surface area is 478 Å². The minimum atomic E-state index is -1.88. The summed E-state index contributed by atoms with van der Waals surface area (Å²) in [6.07, 6.45) is -15.5. The van der Waals surface area contributed by atoms with Gasteiger partial charge in [-0.25, -0.2) is 0 Å². The lowest BCUT2D eigenvalue weighted by Crippen LogP contribution is -2.57. The third kappa shape index (κ3) is 35.3. The van der Waals surface area contributed by atoms with E-state index < -0.39 is 311 Å². The lowest BCUT2D eigenvalue weighted by molar-refractivity contribution is -0.141. The number of aliphatic carboxylic acids is 12. The van der Waals surface area contributed by atoms with E-state index in [-0.39, 0.29) is 0 Å². The number of carboxylic acids is 12. The van der Waals surface area contributed by atoms with Crippen LogP contribution < -0.4 is 21.3 Å². The highest BCUT2D eigenvalue weighted by Crippen LogP contribution is 2.30. The van der Waals surface area contributed by atoms with Gasteiger partial charge in [0.1, 0.15) is 0 Å². The number of carbonyl (C=O) groups is 16. The zero-order valence-corrected chi connectivity index (χ0v) is 46.0. The molecule has 0 saturated carbocycles. The van der Waals surface area contributed by atoms with Crippen molar-refractivity contribution in [3.05, 3.63) is 0 Å². The number of hydrogen-bond donors (Lipinski definition) is 16. The van der Waals surface area contributed by atoms with Crippen molar-refractivity contribution in [3.63, 3.8) is 0 Å². The summed E-state index contributed by atoms with van der Waals surface area (Å²) in [5, 5.41) is 125. The SMILES string of the molecule is O=C(O)CCC(CCC(=O)O)(CCC(=O)O)NC(=O)CN(CCN(CC(=O)NC(CCC(=O)O)(CCC(=O)O)CCC(=O)O)CC(=O)NC(CCC(=O)O)(CCC(=O)O)CCC(=O)O)CC(=O)NC(CCC(=O)O)(CCC(=O)O)CCC(=O)O. The first-order valence-electron chi connectivity index (χ1n) is 26.2. The van der Waals surface area contributed by atoms with Gasteiger partial charge in [-0.05, 0) is 77.0 Å². The molecular weight excluding hydrogens is 1130 g/mol. The summed E-state index contributed by atoms with van der Waals surface area (Å²) in [4.78, 5) is 200. The fourth-order valence-electron chi connectivity index (χ4n) is 9.27. The molecule has 0 rings (SSSR count). The Morgan fingerprint density at radius 2 is 0.321 bits per heavy atom. The number of amides is 4. The second kappa shape index (κ2) is 37.5. The number of rotatable bonds is 51. The third-order valence-corrected chi connectivity index (χ3v) is 13.6. The van der Waals surface area contributed by atoms with Gasteiger partial charge in [-0.2, -0.15) is 0 Å². The molecule has 0 fully saturated rings. The molecule has 0 bridgehead atoms. The van der Waals surface area contributed by atoms with Gasteiger partial charge in [0.2, 0.25) is 23.6 Å². The Balaban J connectivity index is 8.25. The van der Waals surface area contributed by atoms with E-state index in [1.54, 1.807) is 0 Å². The van der Waals surface area contributed by atoms with Crippen molar-refractivity contribution in [1.29, 1.82) is 0 Å². The molecule has 0 unspecified atom stereocenters. The average molecular weight is 1210 g/mol. The summed E-state index contributed by atoms with van der Waals surface area (Å²) in [6.45, 7) is -5.41.